The van der Waals surface area contributed by atoms with Crippen LogP contribution in [0.15, 0.2) is 36.9 Å². The lowest BCUT2D eigenvalue weighted by Gasteiger charge is -2.05. The highest BCUT2D eigenvalue weighted by Crippen LogP contribution is 2.15. The maximum atomic E-state index is 11.0. The van der Waals surface area contributed by atoms with Crippen LogP contribution >= 0.6 is 0 Å². The van der Waals surface area contributed by atoms with Crippen LogP contribution < -0.4 is 4.74 Å². The van der Waals surface area contributed by atoms with Crippen LogP contribution in [0.2, 0.25) is 0 Å². The summed E-state index contributed by atoms with van der Waals surface area (Å²) >= 11 is 0. The van der Waals surface area contributed by atoms with Gasteiger partial charge in [-0.25, -0.2) is 4.79 Å². The van der Waals surface area contributed by atoms with Gasteiger partial charge in [-0.05, 0) is 24.3 Å². The Morgan fingerprint density at radius 1 is 1.40 bits per heavy atom. The van der Waals surface area contributed by atoms with Gasteiger partial charge < -0.3 is 14.6 Å². The Morgan fingerprint density at radius 3 is 2.67 bits per heavy atom. The van der Waals surface area contributed by atoms with E-state index in [2.05, 4.69) is 6.58 Å². The number of aromatic hydroxyl groups is 1. The number of carbonyl (C=O) groups excluding carboxylic acids is 1. The summed E-state index contributed by atoms with van der Waals surface area (Å²) in [6.45, 7) is 3.44. The van der Waals surface area contributed by atoms with Gasteiger partial charge in [0.25, 0.3) is 0 Å². The third-order valence-corrected chi connectivity index (χ3v) is 1.56. The van der Waals surface area contributed by atoms with Gasteiger partial charge in [-0.3, -0.25) is 0 Å². The smallest absolute Gasteiger partial charge is 0.344 e. The molecule has 0 aliphatic rings. The largest absolute Gasteiger partial charge is 0.508 e. The van der Waals surface area contributed by atoms with Gasteiger partial charge in [0.1, 0.15) is 18.1 Å². The first-order valence-electron chi connectivity index (χ1n) is 4.40. The Morgan fingerprint density at radius 2 is 2.07 bits per heavy atom. The van der Waals surface area contributed by atoms with E-state index in [0.29, 0.717) is 5.75 Å². The van der Waals surface area contributed by atoms with Gasteiger partial charge in [-0.15, -0.1) is 0 Å². The summed E-state index contributed by atoms with van der Waals surface area (Å²) in [5, 5.41) is 8.99. The molecule has 0 amide bonds. The highest BCUT2D eigenvalue weighted by atomic mass is 16.6. The third kappa shape index (κ3) is 4.17. The minimum absolute atomic E-state index is 0.150. The topological polar surface area (TPSA) is 55.8 Å². The molecule has 0 fully saturated rings. The molecule has 0 radical (unpaired) electrons. The summed E-state index contributed by atoms with van der Waals surface area (Å²) < 4.78 is 9.81. The van der Waals surface area contributed by atoms with Gasteiger partial charge >= 0.3 is 5.97 Å². The lowest BCUT2D eigenvalue weighted by atomic mass is 10.3. The first-order chi connectivity index (χ1) is 7.22. The number of ether oxygens (including phenoxy) is 2. The van der Waals surface area contributed by atoms with Crippen LogP contribution in [-0.2, 0) is 9.53 Å². The monoisotopic (exact) mass is 208 g/mol. The van der Waals surface area contributed by atoms with Gasteiger partial charge in [-0.2, -0.15) is 0 Å². The summed E-state index contributed by atoms with van der Waals surface area (Å²) in [7, 11) is 0. The molecule has 0 aromatic heterocycles. The van der Waals surface area contributed by atoms with E-state index < -0.39 is 5.97 Å². The molecule has 1 aromatic carbocycles. The fourth-order valence-electron chi connectivity index (χ4n) is 0.878. The minimum Gasteiger partial charge on any atom is -0.508 e. The Balaban J connectivity index is 2.33. The predicted octanol–water partition coefficient (Wildman–Crippen LogP) is 1.50. The zero-order chi connectivity index (χ0) is 11.1. The second kappa shape index (κ2) is 5.70. The van der Waals surface area contributed by atoms with Gasteiger partial charge in [0, 0.05) is 0 Å². The second-order valence-electron chi connectivity index (χ2n) is 2.75. The van der Waals surface area contributed by atoms with Crippen LogP contribution in [0, 0.1) is 0 Å². The van der Waals surface area contributed by atoms with Crippen molar-refractivity contribution in [1.29, 1.82) is 0 Å². The quantitative estimate of drug-likeness (QED) is 0.588. The molecule has 0 bridgehead atoms. The summed E-state index contributed by atoms with van der Waals surface area (Å²) in [4.78, 5) is 11.0. The maximum absolute atomic E-state index is 11.0. The molecule has 0 saturated carbocycles. The van der Waals surface area contributed by atoms with Crippen LogP contribution in [0.1, 0.15) is 0 Å². The molecule has 1 aromatic rings. The van der Waals surface area contributed by atoms with Crippen molar-refractivity contribution in [3.05, 3.63) is 36.9 Å². The molecule has 0 aliphatic carbocycles. The molecule has 0 heterocycles. The number of phenols is 1. The van der Waals surface area contributed by atoms with Crippen molar-refractivity contribution >= 4 is 5.97 Å². The first-order valence-corrected chi connectivity index (χ1v) is 4.40. The van der Waals surface area contributed by atoms with E-state index in [9.17, 15) is 4.79 Å². The Bertz CT molecular complexity index is 329. The normalized spacial score (nSPS) is 9.33. The average Bonchev–Trinajstić information content (AvgIpc) is 2.25. The van der Waals surface area contributed by atoms with Crippen LogP contribution in [0.4, 0.5) is 0 Å². The first kappa shape index (κ1) is 11.1. The Labute approximate surface area is 87.7 Å². The molecule has 80 valence electrons. The molecule has 0 atom stereocenters. The van der Waals surface area contributed by atoms with E-state index in [0.717, 1.165) is 0 Å². The third-order valence-electron chi connectivity index (χ3n) is 1.56. The molecule has 4 nitrogen and oxygen atoms in total. The maximum Gasteiger partial charge on any atom is 0.344 e. The summed E-state index contributed by atoms with van der Waals surface area (Å²) in [6.07, 6.45) is 1.48. The standard InChI is InChI=1S/C11H12O4/c1-2-7-14-11(13)8-15-10-5-3-9(12)4-6-10/h2-6,12H,1,7-8H2. The molecule has 1 rings (SSSR count). The number of hydrogen-bond donors (Lipinski definition) is 1. The number of carbonyl (C=O) groups is 1. The Kier molecular flexibility index (Phi) is 4.22. The second-order valence-corrected chi connectivity index (χ2v) is 2.75. The molecule has 15 heavy (non-hydrogen) atoms. The average molecular weight is 208 g/mol. The SMILES string of the molecule is C=CCOC(=O)COc1ccc(O)cc1. The van der Waals surface area contributed by atoms with Crippen molar-refractivity contribution in [2.75, 3.05) is 13.2 Å². The van der Waals surface area contributed by atoms with Gasteiger partial charge in [0.15, 0.2) is 6.61 Å². The van der Waals surface area contributed by atoms with Crippen LogP contribution in [0.5, 0.6) is 11.5 Å². The molecule has 1 N–H and O–H groups in total. The fourth-order valence-corrected chi connectivity index (χ4v) is 0.878. The molecule has 0 spiro atoms. The molecule has 0 aliphatic heterocycles. The summed E-state index contributed by atoms with van der Waals surface area (Å²) in [5.41, 5.74) is 0. The van der Waals surface area contributed by atoms with E-state index in [-0.39, 0.29) is 19.0 Å². The number of esters is 1. The van der Waals surface area contributed by atoms with Crippen LogP contribution in [0.25, 0.3) is 0 Å². The zero-order valence-corrected chi connectivity index (χ0v) is 8.18. The van der Waals surface area contributed by atoms with Gasteiger partial charge in [0.05, 0.1) is 0 Å². The number of phenolic OH excluding ortho intramolecular Hbond substituents is 1. The molecule has 0 saturated heterocycles. The molecular weight excluding hydrogens is 196 g/mol. The van der Waals surface area contributed by atoms with Crippen molar-refractivity contribution in [2.45, 2.75) is 0 Å². The highest BCUT2D eigenvalue weighted by Gasteiger charge is 2.02. The summed E-state index contributed by atoms with van der Waals surface area (Å²) in [5.74, 6) is 0.197. The van der Waals surface area contributed by atoms with Crippen molar-refractivity contribution in [3.63, 3.8) is 0 Å². The summed E-state index contributed by atoms with van der Waals surface area (Å²) in [6, 6.07) is 6.08. The van der Waals surface area contributed by atoms with Crippen molar-refractivity contribution < 1.29 is 19.4 Å². The van der Waals surface area contributed by atoms with Crippen LogP contribution in [0.3, 0.4) is 0 Å². The van der Waals surface area contributed by atoms with Crippen molar-refractivity contribution in [1.82, 2.24) is 0 Å². The van der Waals surface area contributed by atoms with E-state index in [4.69, 9.17) is 14.6 Å². The number of rotatable bonds is 5. The van der Waals surface area contributed by atoms with Gasteiger partial charge in [-0.1, -0.05) is 12.7 Å². The highest BCUT2D eigenvalue weighted by molar-refractivity contribution is 5.71. The van der Waals surface area contributed by atoms with Crippen molar-refractivity contribution in [2.24, 2.45) is 0 Å². The fraction of sp³-hybridized carbons (Fsp3) is 0.182. The van der Waals surface area contributed by atoms with Crippen LogP contribution in [-0.4, -0.2) is 24.3 Å². The molecule has 0 unspecified atom stereocenters. The lowest BCUT2D eigenvalue weighted by molar-refractivity contribution is -0.144. The molecular formula is C11H12O4. The van der Waals surface area contributed by atoms with Gasteiger partial charge in [0.2, 0.25) is 0 Å². The molecule has 4 heteroatoms. The minimum atomic E-state index is -0.456. The number of hydrogen-bond acceptors (Lipinski definition) is 4. The van der Waals surface area contributed by atoms with Crippen molar-refractivity contribution in [3.8, 4) is 11.5 Å². The predicted molar refractivity (Wildman–Crippen MR) is 54.8 cm³/mol. The Hall–Kier alpha value is -1.97. The van der Waals surface area contributed by atoms with E-state index in [1.54, 1.807) is 12.1 Å². The van der Waals surface area contributed by atoms with E-state index >= 15 is 0 Å². The lowest BCUT2D eigenvalue weighted by Crippen LogP contribution is -2.14. The zero-order valence-electron chi connectivity index (χ0n) is 8.18. The van der Waals surface area contributed by atoms with E-state index in [1.807, 2.05) is 0 Å². The van der Waals surface area contributed by atoms with E-state index in [1.165, 1.54) is 18.2 Å². The number of benzene rings is 1.